The van der Waals surface area contributed by atoms with Gasteiger partial charge in [0.15, 0.2) is 0 Å². The number of thioether (sulfide) groups is 3. The van der Waals surface area contributed by atoms with Crippen LogP contribution in [0.15, 0.2) is 0 Å². The van der Waals surface area contributed by atoms with Crippen molar-refractivity contribution in [2.45, 2.75) is 34.2 Å². The van der Waals surface area contributed by atoms with Crippen molar-refractivity contribution in [1.82, 2.24) is 4.90 Å². The average molecular weight is 290 g/mol. The molecular weight excluding hydrogens is 272 g/mol. The summed E-state index contributed by atoms with van der Waals surface area (Å²) in [5.74, 6) is 0.742. The Labute approximate surface area is 116 Å². The summed E-state index contributed by atoms with van der Waals surface area (Å²) in [5, 5.41) is 9.30. The van der Waals surface area contributed by atoms with Crippen LogP contribution >= 0.6 is 35.3 Å². The number of carbonyl (C=O) groups is 1. The highest BCUT2D eigenvalue weighted by Gasteiger charge is 2.49. The van der Waals surface area contributed by atoms with E-state index in [2.05, 4.69) is 26.8 Å². The second-order valence-corrected chi connectivity index (χ2v) is 10.3. The van der Waals surface area contributed by atoms with E-state index in [0.29, 0.717) is 4.58 Å². The zero-order chi connectivity index (χ0) is 13.3. The molecule has 1 fully saturated rings. The Balaban J connectivity index is 2.75. The monoisotopic (exact) mass is 290 g/mol. The standard InChI is InChI=1S/C11H18N2OS3/c1-10(2,3)16-8-6-15-11(7-12,17-8)9(14)13(4)5/h8H,6H2,1-5H3. The molecule has 2 unspecified atom stereocenters. The molecule has 0 aromatic carbocycles. The van der Waals surface area contributed by atoms with Crippen molar-refractivity contribution < 1.29 is 4.79 Å². The summed E-state index contributed by atoms with van der Waals surface area (Å²) in [6.45, 7) is 6.47. The molecule has 0 spiro atoms. The summed E-state index contributed by atoms with van der Waals surface area (Å²) in [4.78, 5) is 13.6. The quantitative estimate of drug-likeness (QED) is 0.782. The fourth-order valence-electron chi connectivity index (χ4n) is 1.40. The first-order chi connectivity index (χ1) is 7.70. The van der Waals surface area contributed by atoms with Gasteiger partial charge in [0.25, 0.3) is 5.91 Å². The van der Waals surface area contributed by atoms with Gasteiger partial charge >= 0.3 is 0 Å². The second kappa shape index (κ2) is 5.33. The minimum absolute atomic E-state index is 0.105. The van der Waals surface area contributed by atoms with Crippen molar-refractivity contribution in [2.24, 2.45) is 0 Å². The van der Waals surface area contributed by atoms with Crippen molar-refractivity contribution >= 4 is 41.2 Å². The van der Waals surface area contributed by atoms with Crippen molar-refractivity contribution in [1.29, 1.82) is 5.26 Å². The normalized spacial score (nSPS) is 28.8. The molecule has 1 saturated heterocycles. The molecule has 0 saturated carbocycles. The Morgan fingerprint density at radius 1 is 1.53 bits per heavy atom. The summed E-state index contributed by atoms with van der Waals surface area (Å²) in [6, 6.07) is 2.20. The molecular formula is C11H18N2OS3. The third kappa shape index (κ3) is 3.73. The molecule has 3 nitrogen and oxygen atoms in total. The molecule has 6 heteroatoms. The number of hydrogen-bond acceptors (Lipinski definition) is 5. The van der Waals surface area contributed by atoms with E-state index in [1.807, 2.05) is 11.8 Å². The minimum Gasteiger partial charge on any atom is -0.346 e. The van der Waals surface area contributed by atoms with E-state index in [9.17, 15) is 10.1 Å². The maximum absolute atomic E-state index is 12.1. The van der Waals surface area contributed by atoms with Gasteiger partial charge in [0.05, 0.1) is 4.58 Å². The fraction of sp³-hybridized carbons (Fsp3) is 0.818. The molecule has 0 bridgehead atoms. The molecule has 0 aliphatic carbocycles. The Morgan fingerprint density at radius 2 is 2.12 bits per heavy atom. The number of nitriles is 1. The van der Waals surface area contributed by atoms with Gasteiger partial charge in [-0.15, -0.1) is 35.3 Å². The predicted molar refractivity (Wildman–Crippen MR) is 78.2 cm³/mol. The minimum atomic E-state index is -0.938. The van der Waals surface area contributed by atoms with Gasteiger partial charge in [0, 0.05) is 24.6 Å². The van der Waals surface area contributed by atoms with E-state index in [-0.39, 0.29) is 10.7 Å². The first-order valence-corrected chi connectivity index (χ1v) is 8.07. The first-order valence-electron chi connectivity index (χ1n) is 5.33. The van der Waals surface area contributed by atoms with Crippen LogP contribution in [0.2, 0.25) is 0 Å². The van der Waals surface area contributed by atoms with Crippen LogP contribution in [0.1, 0.15) is 20.8 Å². The highest BCUT2D eigenvalue weighted by Crippen LogP contribution is 2.54. The highest BCUT2D eigenvalue weighted by molar-refractivity contribution is 8.30. The fourth-order valence-corrected chi connectivity index (χ4v) is 7.09. The van der Waals surface area contributed by atoms with Gasteiger partial charge in [-0.25, -0.2) is 0 Å². The molecule has 0 N–H and O–H groups in total. The molecule has 1 heterocycles. The lowest BCUT2D eigenvalue weighted by Crippen LogP contribution is -2.38. The maximum atomic E-state index is 12.1. The van der Waals surface area contributed by atoms with Gasteiger partial charge in [0.2, 0.25) is 4.08 Å². The Bertz CT molecular complexity index is 346. The highest BCUT2D eigenvalue weighted by atomic mass is 32.2. The molecule has 1 aliphatic heterocycles. The third-order valence-corrected chi connectivity index (χ3v) is 7.02. The lowest BCUT2D eigenvalue weighted by Gasteiger charge is -2.24. The van der Waals surface area contributed by atoms with E-state index in [4.69, 9.17) is 0 Å². The van der Waals surface area contributed by atoms with Gasteiger partial charge in [-0.3, -0.25) is 4.79 Å². The molecule has 1 aliphatic rings. The summed E-state index contributed by atoms with van der Waals surface area (Å²) >= 11 is 4.79. The SMILES string of the molecule is CN(C)C(=O)C1(C#N)SCC(SC(C)(C)C)S1. The van der Waals surface area contributed by atoms with Crippen LogP contribution < -0.4 is 0 Å². The van der Waals surface area contributed by atoms with E-state index in [0.717, 1.165) is 5.75 Å². The zero-order valence-corrected chi connectivity index (χ0v) is 13.3. The lowest BCUT2D eigenvalue weighted by atomic mass is 10.3. The molecule has 0 aromatic heterocycles. The van der Waals surface area contributed by atoms with Crippen LogP contribution in [-0.4, -0.2) is 44.1 Å². The molecule has 1 rings (SSSR count). The van der Waals surface area contributed by atoms with Crippen molar-refractivity contribution in [3.63, 3.8) is 0 Å². The van der Waals surface area contributed by atoms with Crippen molar-refractivity contribution in [3.8, 4) is 6.07 Å². The predicted octanol–water partition coefficient (Wildman–Crippen LogP) is 2.63. The van der Waals surface area contributed by atoms with Crippen LogP contribution in [0, 0.1) is 11.3 Å². The smallest absolute Gasteiger partial charge is 0.263 e. The van der Waals surface area contributed by atoms with Crippen LogP contribution in [0.25, 0.3) is 0 Å². The van der Waals surface area contributed by atoms with Crippen LogP contribution in [0.5, 0.6) is 0 Å². The molecule has 2 atom stereocenters. The van der Waals surface area contributed by atoms with Gasteiger partial charge in [-0.2, -0.15) is 5.26 Å². The van der Waals surface area contributed by atoms with E-state index >= 15 is 0 Å². The maximum Gasteiger partial charge on any atom is 0.263 e. The summed E-state index contributed by atoms with van der Waals surface area (Å²) in [6.07, 6.45) is 0. The molecule has 17 heavy (non-hydrogen) atoms. The average Bonchev–Trinajstić information content (AvgIpc) is 2.58. The third-order valence-electron chi connectivity index (χ3n) is 2.04. The Morgan fingerprint density at radius 3 is 2.53 bits per heavy atom. The van der Waals surface area contributed by atoms with E-state index in [1.54, 1.807) is 14.1 Å². The van der Waals surface area contributed by atoms with Crippen LogP contribution in [-0.2, 0) is 4.79 Å². The number of nitrogens with zero attached hydrogens (tertiary/aromatic N) is 2. The Hall–Kier alpha value is 0.01000. The van der Waals surface area contributed by atoms with Crippen LogP contribution in [0.4, 0.5) is 0 Å². The largest absolute Gasteiger partial charge is 0.346 e. The van der Waals surface area contributed by atoms with Gasteiger partial charge in [0.1, 0.15) is 6.07 Å². The van der Waals surface area contributed by atoms with Gasteiger partial charge in [-0.05, 0) is 0 Å². The van der Waals surface area contributed by atoms with Gasteiger partial charge < -0.3 is 4.90 Å². The molecule has 0 radical (unpaired) electrons. The summed E-state index contributed by atoms with van der Waals surface area (Å²) in [5.41, 5.74) is 0. The number of carbonyl (C=O) groups excluding carboxylic acids is 1. The Kier molecular flexibility index (Phi) is 4.73. The number of amides is 1. The van der Waals surface area contributed by atoms with Gasteiger partial charge in [-0.1, -0.05) is 20.8 Å². The lowest BCUT2D eigenvalue weighted by molar-refractivity contribution is -0.127. The number of hydrogen-bond donors (Lipinski definition) is 0. The first kappa shape index (κ1) is 15.1. The molecule has 1 amide bonds. The number of rotatable bonds is 2. The van der Waals surface area contributed by atoms with Crippen LogP contribution in [0.3, 0.4) is 0 Å². The second-order valence-electron chi connectivity index (χ2n) is 5.02. The van der Waals surface area contributed by atoms with Crippen molar-refractivity contribution in [3.05, 3.63) is 0 Å². The van der Waals surface area contributed by atoms with E-state index < -0.39 is 4.08 Å². The zero-order valence-electron chi connectivity index (χ0n) is 10.8. The topological polar surface area (TPSA) is 44.1 Å². The molecule has 0 aromatic rings. The van der Waals surface area contributed by atoms with Crippen molar-refractivity contribution in [2.75, 3.05) is 19.8 Å². The van der Waals surface area contributed by atoms with E-state index in [1.165, 1.54) is 28.4 Å². The molecule has 96 valence electrons. The summed E-state index contributed by atoms with van der Waals surface area (Å²) in [7, 11) is 3.40. The summed E-state index contributed by atoms with van der Waals surface area (Å²) < 4.78 is -0.472.